The first-order valence-electron chi connectivity index (χ1n) is 7.77. The normalized spacial score (nSPS) is 12.0. The summed E-state index contributed by atoms with van der Waals surface area (Å²) in [6.07, 6.45) is -0.629. The second-order valence-electron chi connectivity index (χ2n) is 5.78. The van der Waals surface area contributed by atoms with Gasteiger partial charge >= 0.3 is 6.18 Å². The number of benzene rings is 2. The van der Waals surface area contributed by atoms with Crippen molar-refractivity contribution in [3.8, 4) is 0 Å². The smallest absolute Gasteiger partial charge is 0.416 e. The Morgan fingerprint density at radius 3 is 2.58 bits per heavy atom. The molecule has 0 bridgehead atoms. The van der Waals surface area contributed by atoms with Crippen LogP contribution in [0, 0.1) is 6.92 Å². The molecule has 0 spiro atoms. The zero-order valence-electron chi connectivity index (χ0n) is 13.8. The summed E-state index contributed by atoms with van der Waals surface area (Å²) in [6, 6.07) is 11.2. The number of hydrogen-bond donors (Lipinski definition) is 1. The largest absolute Gasteiger partial charge is 0.421 e. The van der Waals surface area contributed by atoms with Gasteiger partial charge in [-0.1, -0.05) is 18.2 Å². The Hall–Kier alpha value is -2.54. The number of nitrogens with zero attached hydrogens (tertiary/aromatic N) is 2. The summed E-state index contributed by atoms with van der Waals surface area (Å²) < 4.78 is 43.7. The number of aromatic nitrogens is 2. The molecule has 3 rings (SSSR count). The van der Waals surface area contributed by atoms with E-state index in [2.05, 4.69) is 22.8 Å². The SMILES string of the molecule is Cc1cc(C(F)(F)F)ccc1/C=C/c1nnc(Cc2cccc(S)c2)o1. The summed E-state index contributed by atoms with van der Waals surface area (Å²) in [4.78, 5) is 0.847. The van der Waals surface area contributed by atoms with Gasteiger partial charge in [0.25, 0.3) is 0 Å². The average molecular weight is 376 g/mol. The number of rotatable bonds is 4. The zero-order chi connectivity index (χ0) is 18.7. The molecule has 0 radical (unpaired) electrons. The van der Waals surface area contributed by atoms with Crippen molar-refractivity contribution >= 4 is 24.8 Å². The van der Waals surface area contributed by atoms with Gasteiger partial charge in [0.2, 0.25) is 11.8 Å². The first-order chi connectivity index (χ1) is 12.3. The highest BCUT2D eigenvalue weighted by Crippen LogP contribution is 2.30. The third-order valence-electron chi connectivity index (χ3n) is 3.75. The minimum atomic E-state index is -4.35. The summed E-state index contributed by atoms with van der Waals surface area (Å²) in [5.74, 6) is 0.744. The van der Waals surface area contributed by atoms with Crippen molar-refractivity contribution in [1.29, 1.82) is 0 Å². The molecule has 0 unspecified atom stereocenters. The van der Waals surface area contributed by atoms with Crippen LogP contribution in [0.2, 0.25) is 0 Å². The fourth-order valence-electron chi connectivity index (χ4n) is 2.45. The van der Waals surface area contributed by atoms with Crippen LogP contribution in [0.4, 0.5) is 13.2 Å². The molecule has 0 saturated carbocycles. The maximum atomic E-state index is 12.7. The maximum absolute atomic E-state index is 12.7. The lowest BCUT2D eigenvalue weighted by Crippen LogP contribution is -2.05. The van der Waals surface area contributed by atoms with E-state index in [1.807, 2.05) is 24.3 Å². The van der Waals surface area contributed by atoms with Gasteiger partial charge in [-0.2, -0.15) is 13.2 Å². The number of alkyl halides is 3. The molecule has 3 aromatic rings. The summed E-state index contributed by atoms with van der Waals surface area (Å²) >= 11 is 4.29. The highest BCUT2D eigenvalue weighted by molar-refractivity contribution is 7.80. The van der Waals surface area contributed by atoms with E-state index in [4.69, 9.17) is 4.42 Å². The molecule has 0 amide bonds. The third-order valence-corrected chi connectivity index (χ3v) is 4.03. The van der Waals surface area contributed by atoms with Gasteiger partial charge in [0.15, 0.2) is 0 Å². The highest BCUT2D eigenvalue weighted by atomic mass is 32.1. The Bertz CT molecular complexity index is 948. The van der Waals surface area contributed by atoms with E-state index in [1.165, 1.54) is 6.07 Å². The Labute approximate surface area is 154 Å². The summed E-state index contributed by atoms with van der Waals surface area (Å²) in [7, 11) is 0. The van der Waals surface area contributed by atoms with E-state index in [0.717, 1.165) is 22.6 Å². The number of halogens is 3. The van der Waals surface area contributed by atoms with Gasteiger partial charge in [-0.25, -0.2) is 0 Å². The number of aryl methyl sites for hydroxylation is 1. The van der Waals surface area contributed by atoms with Gasteiger partial charge in [-0.05, 0) is 54.0 Å². The van der Waals surface area contributed by atoms with Crippen molar-refractivity contribution < 1.29 is 17.6 Å². The van der Waals surface area contributed by atoms with Crippen LogP contribution in [0.25, 0.3) is 12.2 Å². The molecule has 0 saturated heterocycles. The summed E-state index contributed by atoms with van der Waals surface area (Å²) in [5.41, 5.74) is 1.50. The topological polar surface area (TPSA) is 38.9 Å². The van der Waals surface area contributed by atoms with Crippen molar-refractivity contribution in [2.24, 2.45) is 0 Å². The maximum Gasteiger partial charge on any atom is 0.416 e. The van der Waals surface area contributed by atoms with Crippen molar-refractivity contribution in [1.82, 2.24) is 10.2 Å². The Morgan fingerprint density at radius 1 is 1.08 bits per heavy atom. The van der Waals surface area contributed by atoms with E-state index < -0.39 is 11.7 Å². The fourth-order valence-corrected chi connectivity index (χ4v) is 2.70. The molecule has 0 aliphatic heterocycles. The molecule has 2 aromatic carbocycles. The molecular formula is C19H15F3N2OS. The Kier molecular flexibility index (Phi) is 5.18. The molecule has 0 aliphatic rings. The lowest BCUT2D eigenvalue weighted by Gasteiger charge is -2.08. The van der Waals surface area contributed by atoms with Crippen molar-refractivity contribution in [2.45, 2.75) is 24.4 Å². The van der Waals surface area contributed by atoms with Crippen LogP contribution in [0.1, 0.15) is 34.0 Å². The van der Waals surface area contributed by atoms with Crippen LogP contribution >= 0.6 is 12.6 Å². The van der Waals surface area contributed by atoms with Crippen LogP contribution in [0.15, 0.2) is 51.8 Å². The van der Waals surface area contributed by atoms with Crippen molar-refractivity contribution in [3.63, 3.8) is 0 Å². The van der Waals surface area contributed by atoms with E-state index in [0.29, 0.717) is 29.3 Å². The molecular weight excluding hydrogens is 361 g/mol. The third kappa shape index (κ3) is 4.54. The predicted molar refractivity (Wildman–Crippen MR) is 95.9 cm³/mol. The predicted octanol–water partition coefficient (Wildman–Crippen LogP) is 5.45. The first kappa shape index (κ1) is 18.3. The molecule has 0 fully saturated rings. The average Bonchev–Trinajstić information content (AvgIpc) is 3.00. The second kappa shape index (κ2) is 7.37. The van der Waals surface area contributed by atoms with E-state index in [9.17, 15) is 13.2 Å². The minimum Gasteiger partial charge on any atom is -0.421 e. The summed E-state index contributed by atoms with van der Waals surface area (Å²) in [6.45, 7) is 1.62. The van der Waals surface area contributed by atoms with Crippen LogP contribution in [-0.4, -0.2) is 10.2 Å². The number of thiol groups is 1. The van der Waals surface area contributed by atoms with Gasteiger partial charge in [-0.3, -0.25) is 0 Å². The first-order valence-corrected chi connectivity index (χ1v) is 8.22. The van der Waals surface area contributed by atoms with Crippen LogP contribution in [0.5, 0.6) is 0 Å². The van der Waals surface area contributed by atoms with Crippen LogP contribution < -0.4 is 0 Å². The lowest BCUT2D eigenvalue weighted by molar-refractivity contribution is -0.137. The zero-order valence-corrected chi connectivity index (χ0v) is 14.7. The van der Waals surface area contributed by atoms with E-state index in [-0.39, 0.29) is 0 Å². The molecule has 26 heavy (non-hydrogen) atoms. The standard InChI is InChI=1S/C19H15F3N2OS/c1-12-9-15(19(20,21)22)7-5-14(12)6-8-17-23-24-18(25-17)11-13-3-2-4-16(26)10-13/h2-10,26H,11H2,1H3/b8-6+. The van der Waals surface area contributed by atoms with Crippen LogP contribution in [0.3, 0.4) is 0 Å². The molecule has 0 atom stereocenters. The fraction of sp³-hybridized carbons (Fsp3) is 0.158. The van der Waals surface area contributed by atoms with Crippen molar-refractivity contribution in [3.05, 3.63) is 76.5 Å². The summed E-state index contributed by atoms with van der Waals surface area (Å²) in [5, 5.41) is 7.91. The Balaban J connectivity index is 1.73. The molecule has 1 aromatic heterocycles. The quantitative estimate of drug-likeness (QED) is 0.616. The molecule has 1 heterocycles. The molecule has 7 heteroatoms. The van der Waals surface area contributed by atoms with Gasteiger partial charge < -0.3 is 4.42 Å². The molecule has 134 valence electrons. The minimum absolute atomic E-state index is 0.293. The molecule has 0 N–H and O–H groups in total. The van der Waals surface area contributed by atoms with Crippen LogP contribution in [-0.2, 0) is 12.6 Å². The molecule has 3 nitrogen and oxygen atoms in total. The van der Waals surface area contributed by atoms with Gasteiger partial charge in [0, 0.05) is 11.0 Å². The van der Waals surface area contributed by atoms with E-state index >= 15 is 0 Å². The molecule has 0 aliphatic carbocycles. The van der Waals surface area contributed by atoms with Gasteiger partial charge in [0.05, 0.1) is 12.0 Å². The monoisotopic (exact) mass is 376 g/mol. The van der Waals surface area contributed by atoms with Gasteiger partial charge in [-0.15, -0.1) is 22.8 Å². The van der Waals surface area contributed by atoms with Crippen molar-refractivity contribution in [2.75, 3.05) is 0 Å². The number of hydrogen-bond acceptors (Lipinski definition) is 4. The van der Waals surface area contributed by atoms with Gasteiger partial charge in [0.1, 0.15) is 0 Å². The second-order valence-corrected chi connectivity index (χ2v) is 6.30. The Morgan fingerprint density at radius 2 is 1.88 bits per heavy atom. The lowest BCUT2D eigenvalue weighted by atomic mass is 10.0. The highest BCUT2D eigenvalue weighted by Gasteiger charge is 2.30. The van der Waals surface area contributed by atoms with E-state index in [1.54, 1.807) is 19.1 Å².